The van der Waals surface area contributed by atoms with Crippen LogP contribution in [0.25, 0.3) is 0 Å². The minimum atomic E-state index is -4.63. The first-order valence-electron chi connectivity index (χ1n) is 10.3. The summed E-state index contributed by atoms with van der Waals surface area (Å²) in [6.45, 7) is 4.50. The van der Waals surface area contributed by atoms with Gasteiger partial charge in [-0.05, 0) is 44.1 Å². The topological polar surface area (TPSA) is 42.4 Å². The molecule has 2 bridgehead atoms. The molecule has 2 aliphatic heterocycles. The van der Waals surface area contributed by atoms with E-state index in [9.17, 15) is 31.1 Å². The van der Waals surface area contributed by atoms with Crippen LogP contribution in [-0.4, -0.2) is 35.6 Å². The smallest absolute Gasteiger partial charge is 0.417 e. The van der Waals surface area contributed by atoms with Crippen molar-refractivity contribution >= 4 is 12.1 Å². The number of carbonyl (C=O) groups is 1. The molecule has 0 aliphatic carbocycles. The number of ether oxygens (including phenoxy) is 1. The molecular formula is C23H22F6N2O2. The lowest BCUT2D eigenvalue weighted by molar-refractivity contribution is -0.137. The molecule has 0 amide bonds. The number of alkyl halides is 6. The van der Waals surface area contributed by atoms with Gasteiger partial charge < -0.3 is 9.64 Å². The number of pyridine rings is 1. The average Bonchev–Trinajstić information content (AvgIpc) is 3.01. The zero-order valence-electron chi connectivity index (χ0n) is 17.7. The first-order chi connectivity index (χ1) is 15.4. The van der Waals surface area contributed by atoms with Gasteiger partial charge in [-0.2, -0.15) is 26.3 Å². The number of allylic oxidation sites excluding steroid dienone is 3. The highest BCUT2D eigenvalue weighted by Crippen LogP contribution is 2.41. The molecule has 2 saturated heterocycles. The van der Waals surface area contributed by atoms with Gasteiger partial charge in [0, 0.05) is 31.1 Å². The van der Waals surface area contributed by atoms with Crippen molar-refractivity contribution in [1.29, 1.82) is 0 Å². The quantitative estimate of drug-likeness (QED) is 0.129. The minimum Gasteiger partial charge on any atom is -0.489 e. The molecule has 3 atom stereocenters. The molecule has 2 aliphatic rings. The maximum atomic E-state index is 12.8. The molecule has 0 saturated carbocycles. The number of carbonyl (C=O) groups excluding carboxylic acids is 1. The van der Waals surface area contributed by atoms with E-state index >= 15 is 0 Å². The van der Waals surface area contributed by atoms with Gasteiger partial charge in [-0.3, -0.25) is 4.79 Å². The van der Waals surface area contributed by atoms with Crippen LogP contribution in [0.4, 0.5) is 32.2 Å². The van der Waals surface area contributed by atoms with E-state index in [1.165, 1.54) is 12.1 Å². The van der Waals surface area contributed by atoms with Gasteiger partial charge in [0.05, 0.1) is 16.7 Å². The summed E-state index contributed by atoms with van der Waals surface area (Å²) in [5, 5.41) is 0. The molecule has 178 valence electrons. The van der Waals surface area contributed by atoms with Crippen molar-refractivity contribution in [2.75, 3.05) is 4.90 Å². The van der Waals surface area contributed by atoms with Crippen LogP contribution in [-0.2, 0) is 15.7 Å². The molecule has 0 radical (unpaired) electrons. The Morgan fingerprint density at radius 3 is 2.27 bits per heavy atom. The molecule has 0 N–H and O–H groups in total. The van der Waals surface area contributed by atoms with Gasteiger partial charge in [0.1, 0.15) is 17.7 Å². The Morgan fingerprint density at radius 2 is 1.82 bits per heavy atom. The van der Waals surface area contributed by atoms with E-state index in [1.807, 2.05) is 4.90 Å². The first-order valence-corrected chi connectivity index (χ1v) is 10.3. The van der Waals surface area contributed by atoms with Gasteiger partial charge in [-0.1, -0.05) is 6.58 Å². The maximum Gasteiger partial charge on any atom is 0.417 e. The van der Waals surface area contributed by atoms with Crippen LogP contribution >= 0.6 is 0 Å². The lowest BCUT2D eigenvalue weighted by Crippen LogP contribution is -2.46. The lowest BCUT2D eigenvalue weighted by Gasteiger charge is -2.40. The van der Waals surface area contributed by atoms with Gasteiger partial charge in [-0.25, -0.2) is 4.98 Å². The second-order valence-corrected chi connectivity index (χ2v) is 7.90. The van der Waals surface area contributed by atoms with Crippen molar-refractivity contribution in [2.24, 2.45) is 0 Å². The fourth-order valence-electron chi connectivity index (χ4n) is 4.18. The van der Waals surface area contributed by atoms with Crippen LogP contribution in [0.5, 0.6) is 0 Å². The summed E-state index contributed by atoms with van der Waals surface area (Å²) in [7, 11) is 0. The summed E-state index contributed by atoms with van der Waals surface area (Å²) >= 11 is 0. The molecule has 0 spiro atoms. The Balaban J connectivity index is 1.72. The standard InChI is InChI=1S/C23H22F6N2O2/c1-3-20(15(13-32)5-4-14(2)22(24,25)26)33-19-10-17-7-8-18(11-19)31(17)21-9-6-16(12-30-21)23(27,28)29/h3-4,6,9,12-13,17-19H,2,7-8,10-11H2,1H3/b20-3+/t5?,17-,18+,19?. The highest BCUT2D eigenvalue weighted by Gasteiger charge is 2.43. The van der Waals surface area contributed by atoms with E-state index in [0.717, 1.165) is 25.1 Å². The number of aromatic nitrogens is 1. The largest absolute Gasteiger partial charge is 0.489 e. The third kappa shape index (κ3) is 5.68. The summed E-state index contributed by atoms with van der Waals surface area (Å²) in [4.78, 5) is 17.4. The normalized spacial score (nSPS) is 23.1. The molecular weight excluding hydrogens is 450 g/mol. The zero-order chi connectivity index (χ0) is 24.4. The third-order valence-corrected chi connectivity index (χ3v) is 5.73. The highest BCUT2D eigenvalue weighted by molar-refractivity contribution is 5.78. The molecule has 3 rings (SSSR count). The van der Waals surface area contributed by atoms with Crippen molar-refractivity contribution < 1.29 is 35.9 Å². The van der Waals surface area contributed by atoms with E-state index in [0.29, 0.717) is 31.0 Å². The fraction of sp³-hybridized carbons (Fsp3) is 0.435. The van der Waals surface area contributed by atoms with Crippen molar-refractivity contribution in [3.8, 4) is 0 Å². The average molecular weight is 472 g/mol. The maximum absolute atomic E-state index is 12.8. The summed E-state index contributed by atoms with van der Waals surface area (Å²) in [6.07, 6.45) is -3.48. The number of hydrogen-bond donors (Lipinski definition) is 0. The second kappa shape index (κ2) is 9.47. The molecule has 3 heterocycles. The van der Waals surface area contributed by atoms with Gasteiger partial charge in [-0.15, -0.1) is 5.73 Å². The van der Waals surface area contributed by atoms with Crippen LogP contribution in [0.2, 0.25) is 0 Å². The third-order valence-electron chi connectivity index (χ3n) is 5.73. The number of rotatable bonds is 6. The van der Waals surface area contributed by atoms with Crippen LogP contribution in [0, 0.1) is 0 Å². The lowest BCUT2D eigenvalue weighted by atomic mass is 9.99. The van der Waals surface area contributed by atoms with Crippen LogP contribution < -0.4 is 4.90 Å². The zero-order valence-corrected chi connectivity index (χ0v) is 17.7. The molecule has 0 aromatic carbocycles. The van der Waals surface area contributed by atoms with Crippen LogP contribution in [0.15, 0.2) is 59.7 Å². The van der Waals surface area contributed by atoms with E-state index in [4.69, 9.17) is 4.74 Å². The number of nitrogens with zero attached hydrogens (tertiary/aromatic N) is 2. The summed E-state index contributed by atoms with van der Waals surface area (Å²) in [6, 6.07) is 2.34. The Morgan fingerprint density at radius 1 is 1.18 bits per heavy atom. The Bertz CT molecular complexity index is 974. The fourth-order valence-corrected chi connectivity index (χ4v) is 4.18. The molecule has 2 fully saturated rings. The van der Waals surface area contributed by atoms with E-state index in [2.05, 4.69) is 17.3 Å². The summed E-state index contributed by atoms with van der Waals surface area (Å²) in [5.41, 5.74) is 0.179. The molecule has 1 aromatic heterocycles. The Kier molecular flexibility index (Phi) is 7.07. The van der Waals surface area contributed by atoms with Gasteiger partial charge in [0.2, 0.25) is 0 Å². The minimum absolute atomic E-state index is 0.0136. The summed E-state index contributed by atoms with van der Waals surface area (Å²) in [5.74, 6) is 0.573. The van der Waals surface area contributed by atoms with Gasteiger partial charge in [0.15, 0.2) is 6.29 Å². The summed E-state index contributed by atoms with van der Waals surface area (Å²) < 4.78 is 82.3. The molecule has 1 unspecified atom stereocenters. The number of piperidine rings is 1. The van der Waals surface area contributed by atoms with Crippen molar-refractivity contribution in [1.82, 2.24) is 4.98 Å². The Labute approximate surface area is 186 Å². The molecule has 33 heavy (non-hydrogen) atoms. The highest BCUT2D eigenvalue weighted by atomic mass is 19.4. The molecule has 4 nitrogen and oxygen atoms in total. The van der Waals surface area contributed by atoms with E-state index in [-0.39, 0.29) is 29.5 Å². The molecule has 10 heteroatoms. The van der Waals surface area contributed by atoms with Crippen molar-refractivity contribution in [2.45, 2.75) is 63.1 Å². The second-order valence-electron chi connectivity index (χ2n) is 7.90. The van der Waals surface area contributed by atoms with Crippen LogP contribution in [0.3, 0.4) is 0 Å². The number of aldehydes is 1. The number of hydrogen-bond acceptors (Lipinski definition) is 4. The van der Waals surface area contributed by atoms with Crippen LogP contribution in [0.1, 0.15) is 38.2 Å². The van der Waals surface area contributed by atoms with Crippen molar-refractivity contribution in [3.63, 3.8) is 0 Å². The van der Waals surface area contributed by atoms with E-state index < -0.39 is 23.5 Å². The number of anilines is 1. The predicted octanol–water partition coefficient (Wildman–Crippen LogP) is 5.92. The monoisotopic (exact) mass is 472 g/mol. The predicted molar refractivity (Wildman–Crippen MR) is 109 cm³/mol. The van der Waals surface area contributed by atoms with E-state index in [1.54, 1.807) is 6.92 Å². The van der Waals surface area contributed by atoms with Crippen molar-refractivity contribution in [3.05, 3.63) is 65.3 Å². The number of halogens is 6. The van der Waals surface area contributed by atoms with Gasteiger partial charge in [0.25, 0.3) is 0 Å². The Hall–Kier alpha value is -3.00. The SMILES string of the molecule is C=C(C=C=C(C=O)/C(=C\C)OC1C[C@H]2CC[C@@H](C1)N2c1ccc(C(F)(F)F)cn1)C(F)(F)F. The number of fused-ring (bicyclic) bond motifs is 2. The first kappa shape index (κ1) is 24.6. The molecule has 1 aromatic rings. The van der Waals surface area contributed by atoms with Gasteiger partial charge >= 0.3 is 12.4 Å².